The van der Waals surface area contributed by atoms with E-state index in [1.807, 2.05) is 0 Å². The maximum Gasteiger partial charge on any atom is 0.303 e. The summed E-state index contributed by atoms with van der Waals surface area (Å²) in [4.78, 5) is 47.8. The molecular formula is C21H24BrClO10. The number of ether oxygens (including phenoxy) is 6. The Hall–Kier alpha value is -2.37. The second-order valence-corrected chi connectivity index (χ2v) is 7.57. The molecule has 1 aromatic carbocycles. The minimum Gasteiger partial charge on any atom is -0.463 e. The normalized spacial score (nSPS) is 25.9. The quantitative estimate of drug-likeness (QED) is 0.269. The number of halogens is 2. The topological polar surface area (TPSA) is 124 Å². The van der Waals surface area contributed by atoms with Crippen LogP contribution in [0, 0.1) is 0 Å². The average molecular weight is 556 g/mol. The van der Waals surface area contributed by atoms with Gasteiger partial charge in [0, 0.05) is 38.4 Å². The first kappa shape index (κ1) is 21.2. The maximum atomic E-state index is 12.1. The van der Waals surface area contributed by atoms with Crippen molar-refractivity contribution in [1.29, 1.82) is 0 Å². The van der Waals surface area contributed by atoms with Gasteiger partial charge in [0.1, 0.15) is 18.5 Å². The molecule has 12 heteroatoms. The summed E-state index contributed by atoms with van der Waals surface area (Å²) >= 11 is 9.59. The number of alkyl halides is 1. The fourth-order valence-corrected chi connectivity index (χ4v) is 3.58. The second-order valence-electron chi connectivity index (χ2n) is 6.61. The number of hydrogen-bond acceptors (Lipinski definition) is 10. The summed E-state index contributed by atoms with van der Waals surface area (Å²) in [6.45, 7) is -3.83. The van der Waals surface area contributed by atoms with Crippen LogP contribution in [-0.4, -0.2) is 61.2 Å². The van der Waals surface area contributed by atoms with E-state index in [1.54, 1.807) is 12.1 Å². The molecule has 1 saturated heterocycles. The molecule has 0 N–H and O–H groups in total. The molecule has 5 atom stereocenters. The lowest BCUT2D eigenvalue weighted by atomic mass is 9.98. The molecule has 0 amide bonds. The van der Waals surface area contributed by atoms with Crippen LogP contribution in [0.2, 0.25) is 5.02 Å². The van der Waals surface area contributed by atoms with Gasteiger partial charge in [-0.2, -0.15) is 0 Å². The van der Waals surface area contributed by atoms with E-state index in [1.165, 1.54) is 6.07 Å². The Morgan fingerprint density at radius 3 is 2.15 bits per heavy atom. The molecule has 0 aliphatic carbocycles. The van der Waals surface area contributed by atoms with Crippen LogP contribution in [-0.2, 0) is 48.2 Å². The van der Waals surface area contributed by atoms with Crippen molar-refractivity contribution in [2.45, 2.75) is 63.6 Å². The first-order valence-corrected chi connectivity index (χ1v) is 10.7. The Labute approximate surface area is 209 Å². The monoisotopic (exact) mass is 554 g/mol. The van der Waals surface area contributed by atoms with Gasteiger partial charge in [-0.1, -0.05) is 33.6 Å². The first-order chi connectivity index (χ1) is 17.7. The molecule has 10 nitrogen and oxygen atoms in total. The van der Waals surface area contributed by atoms with E-state index in [0.717, 1.165) is 5.56 Å². The van der Waals surface area contributed by atoms with Crippen LogP contribution in [0.5, 0.6) is 5.75 Å². The first-order valence-electron chi connectivity index (χ1n) is 12.1. The van der Waals surface area contributed by atoms with Crippen molar-refractivity contribution in [2.75, 3.05) is 6.61 Å². The van der Waals surface area contributed by atoms with Crippen LogP contribution in [0.15, 0.2) is 18.2 Å². The molecule has 0 spiro atoms. The van der Waals surface area contributed by atoms with Gasteiger partial charge < -0.3 is 28.4 Å². The molecule has 1 heterocycles. The summed E-state index contributed by atoms with van der Waals surface area (Å²) in [7, 11) is 0. The molecule has 1 fully saturated rings. The fraction of sp³-hybridized carbons (Fsp3) is 0.524. The smallest absolute Gasteiger partial charge is 0.303 e. The zero-order valence-electron chi connectivity index (χ0n) is 21.2. The van der Waals surface area contributed by atoms with Gasteiger partial charge in [-0.25, -0.2) is 0 Å². The predicted octanol–water partition coefficient (Wildman–Crippen LogP) is 2.70. The lowest BCUT2D eigenvalue weighted by Crippen LogP contribution is -2.63. The fourth-order valence-electron chi connectivity index (χ4n) is 2.99. The van der Waals surface area contributed by atoms with Gasteiger partial charge in [-0.3, -0.25) is 19.2 Å². The van der Waals surface area contributed by atoms with Crippen LogP contribution in [0.25, 0.3) is 0 Å². The molecule has 2 rings (SSSR count). The Balaban J connectivity index is 2.53. The maximum absolute atomic E-state index is 12.1. The highest BCUT2D eigenvalue weighted by Crippen LogP contribution is 2.34. The number of carbonyl (C=O) groups is 4. The summed E-state index contributed by atoms with van der Waals surface area (Å²) in [5, 5.41) is 0.639. The Morgan fingerprint density at radius 1 is 0.970 bits per heavy atom. The van der Waals surface area contributed by atoms with E-state index in [2.05, 4.69) is 15.9 Å². The molecule has 0 radical (unpaired) electrons. The molecule has 0 saturated carbocycles. The minimum atomic E-state index is -1.65. The van der Waals surface area contributed by atoms with Crippen molar-refractivity contribution < 1.29 is 53.1 Å². The Kier molecular flexibility index (Phi) is 7.83. The van der Waals surface area contributed by atoms with E-state index in [0.29, 0.717) is 5.33 Å². The van der Waals surface area contributed by atoms with Gasteiger partial charge >= 0.3 is 23.9 Å². The highest BCUT2D eigenvalue weighted by molar-refractivity contribution is 9.08. The molecule has 0 aromatic heterocycles. The zero-order valence-corrected chi connectivity index (χ0v) is 19.5. The molecule has 1 aromatic rings. The van der Waals surface area contributed by atoms with Gasteiger partial charge in [-0.05, 0) is 17.7 Å². The molecule has 182 valence electrons. The standard InChI is InChI=1S/C21H24BrClO10/c1-10(24)28-9-17-18(29-11(2)25)19(30-12(3)26)20(31-13(4)27)21(33-17)32-16-6-5-14(8-22)7-15(16)23/h5-7,17-21H,8-9H2,1-4H3/t17-,18+,19+,20-,21?/m1/s1/i1D,2D,3D,4D. The van der Waals surface area contributed by atoms with Crippen molar-refractivity contribution in [3.05, 3.63) is 28.8 Å². The van der Waals surface area contributed by atoms with Crippen molar-refractivity contribution in [1.82, 2.24) is 0 Å². The third-order valence-electron chi connectivity index (χ3n) is 4.20. The van der Waals surface area contributed by atoms with Gasteiger partial charge in [0.25, 0.3) is 0 Å². The van der Waals surface area contributed by atoms with Crippen molar-refractivity contribution >= 4 is 51.4 Å². The van der Waals surface area contributed by atoms with Gasteiger partial charge in [0.05, 0.1) is 5.02 Å². The van der Waals surface area contributed by atoms with Gasteiger partial charge in [0.15, 0.2) is 12.2 Å². The summed E-state index contributed by atoms with van der Waals surface area (Å²) in [5.41, 5.74) is 0.809. The lowest BCUT2D eigenvalue weighted by Gasteiger charge is -2.44. The van der Waals surface area contributed by atoms with E-state index in [9.17, 15) is 19.2 Å². The highest BCUT2D eigenvalue weighted by atomic mass is 79.9. The molecule has 1 unspecified atom stereocenters. The van der Waals surface area contributed by atoms with Crippen LogP contribution in [0.4, 0.5) is 0 Å². The van der Waals surface area contributed by atoms with Crippen LogP contribution in [0.1, 0.15) is 38.6 Å². The van der Waals surface area contributed by atoms with Gasteiger partial charge in [0.2, 0.25) is 12.4 Å². The van der Waals surface area contributed by atoms with Crippen molar-refractivity contribution in [3.8, 4) is 5.75 Å². The molecular weight excluding hydrogens is 528 g/mol. The van der Waals surface area contributed by atoms with Crippen molar-refractivity contribution in [3.63, 3.8) is 0 Å². The second kappa shape index (κ2) is 12.2. The SMILES string of the molecule is [2H]CC(=O)OC[C@H]1OC(Oc2ccc(CBr)cc2Cl)[C@H](OC(=O)C[2H])[C@@H](OC(=O)C[2H])[C@H]1OC(=O)C[2H]. The van der Waals surface area contributed by atoms with E-state index >= 15 is 0 Å². The van der Waals surface area contributed by atoms with Crippen molar-refractivity contribution in [2.24, 2.45) is 0 Å². The third-order valence-corrected chi connectivity index (χ3v) is 5.14. The lowest BCUT2D eigenvalue weighted by molar-refractivity contribution is -0.288. The minimum absolute atomic E-state index is 0.0670. The number of esters is 4. The number of hydrogen-bond donors (Lipinski definition) is 0. The Bertz CT molecular complexity index is 971. The van der Waals surface area contributed by atoms with E-state index in [-0.39, 0.29) is 10.8 Å². The summed E-state index contributed by atoms with van der Waals surface area (Å²) < 4.78 is 61.3. The predicted molar refractivity (Wildman–Crippen MR) is 117 cm³/mol. The Morgan fingerprint density at radius 2 is 1.58 bits per heavy atom. The van der Waals surface area contributed by atoms with Crippen LogP contribution >= 0.6 is 27.5 Å². The summed E-state index contributed by atoms with van der Waals surface area (Å²) in [5.74, 6) is -4.11. The average Bonchev–Trinajstić information content (AvgIpc) is 2.90. The van der Waals surface area contributed by atoms with Crippen LogP contribution in [0.3, 0.4) is 0 Å². The highest BCUT2D eigenvalue weighted by Gasteiger charge is 2.53. The summed E-state index contributed by atoms with van der Waals surface area (Å²) in [6.07, 6.45) is -7.83. The molecule has 1 aliphatic heterocycles. The number of benzene rings is 1. The molecule has 0 bridgehead atoms. The van der Waals surface area contributed by atoms with E-state index < -0.39 is 88.8 Å². The third kappa shape index (κ3) is 7.86. The van der Waals surface area contributed by atoms with E-state index in [4.69, 9.17) is 45.5 Å². The molecule has 33 heavy (non-hydrogen) atoms. The van der Waals surface area contributed by atoms with Gasteiger partial charge in [-0.15, -0.1) is 0 Å². The zero-order chi connectivity index (χ0) is 27.5. The van der Waals surface area contributed by atoms with Crippen LogP contribution < -0.4 is 4.74 Å². The molecule has 1 aliphatic rings. The largest absolute Gasteiger partial charge is 0.463 e. The number of rotatable bonds is 8. The summed E-state index contributed by atoms with van der Waals surface area (Å²) in [6, 6.07) is 4.76. The number of carbonyl (C=O) groups excluding carboxylic acids is 4.